The van der Waals surface area contributed by atoms with Crippen LogP contribution in [-0.2, 0) is 0 Å². The highest BCUT2D eigenvalue weighted by Gasteiger charge is 2.16. The summed E-state index contributed by atoms with van der Waals surface area (Å²) < 4.78 is 27.9. The van der Waals surface area contributed by atoms with Gasteiger partial charge in [-0.2, -0.15) is 4.68 Å². The molecular weight excluding hydrogens is 286 g/mol. The Morgan fingerprint density at radius 1 is 1.05 bits per heavy atom. The molecule has 0 bridgehead atoms. The zero-order chi connectivity index (χ0) is 15.9. The number of hydrogen-bond donors (Lipinski definition) is 1. The Hall–Kier alpha value is -2.76. The minimum atomic E-state index is -0.946. The maximum absolute atomic E-state index is 13.4. The number of aromatic nitrogens is 3. The zero-order valence-corrected chi connectivity index (χ0v) is 12.1. The zero-order valence-electron chi connectivity index (χ0n) is 12.1. The molecule has 22 heavy (non-hydrogen) atoms. The number of nitrogen functional groups attached to an aromatic ring is 1. The van der Waals surface area contributed by atoms with E-state index in [-0.39, 0.29) is 5.82 Å². The number of benzene rings is 2. The van der Waals surface area contributed by atoms with Gasteiger partial charge in [-0.3, -0.25) is 0 Å². The largest absolute Gasteiger partial charge is 0.382 e. The maximum atomic E-state index is 13.4. The van der Waals surface area contributed by atoms with Crippen LogP contribution in [0.1, 0.15) is 11.1 Å². The van der Waals surface area contributed by atoms with E-state index in [1.54, 1.807) is 0 Å². The van der Waals surface area contributed by atoms with Gasteiger partial charge in [-0.15, -0.1) is 5.10 Å². The van der Waals surface area contributed by atoms with E-state index in [1.165, 1.54) is 10.7 Å². The molecule has 0 radical (unpaired) electrons. The van der Waals surface area contributed by atoms with E-state index in [4.69, 9.17) is 5.73 Å². The summed E-state index contributed by atoms with van der Waals surface area (Å²) in [7, 11) is 0. The highest BCUT2D eigenvalue weighted by molar-refractivity contribution is 5.71. The molecule has 0 spiro atoms. The van der Waals surface area contributed by atoms with E-state index in [2.05, 4.69) is 10.3 Å². The average molecular weight is 300 g/mol. The quantitative estimate of drug-likeness (QED) is 0.789. The van der Waals surface area contributed by atoms with Gasteiger partial charge in [0.25, 0.3) is 0 Å². The lowest BCUT2D eigenvalue weighted by atomic mass is 10.1. The molecule has 0 saturated carbocycles. The van der Waals surface area contributed by atoms with Crippen molar-refractivity contribution < 1.29 is 8.78 Å². The fourth-order valence-corrected chi connectivity index (χ4v) is 2.28. The second-order valence-corrected chi connectivity index (χ2v) is 5.08. The molecule has 3 aromatic rings. The minimum absolute atomic E-state index is 0.278. The lowest BCUT2D eigenvalue weighted by Gasteiger charge is -2.09. The first-order valence-corrected chi connectivity index (χ1v) is 6.72. The van der Waals surface area contributed by atoms with Gasteiger partial charge in [0.15, 0.2) is 17.5 Å². The number of aryl methyl sites for hydroxylation is 1. The van der Waals surface area contributed by atoms with Crippen molar-refractivity contribution in [2.75, 3.05) is 5.73 Å². The van der Waals surface area contributed by atoms with Gasteiger partial charge in [0.05, 0.1) is 5.69 Å². The summed E-state index contributed by atoms with van der Waals surface area (Å²) in [5.74, 6) is -1.58. The Bertz CT molecular complexity index is 855. The monoisotopic (exact) mass is 300 g/mol. The molecule has 0 atom stereocenters. The van der Waals surface area contributed by atoms with Crippen LogP contribution in [0.15, 0.2) is 36.4 Å². The van der Waals surface area contributed by atoms with Gasteiger partial charge in [0.1, 0.15) is 5.69 Å². The molecule has 1 heterocycles. The van der Waals surface area contributed by atoms with Crippen LogP contribution < -0.4 is 5.73 Å². The van der Waals surface area contributed by atoms with Crippen LogP contribution in [0.25, 0.3) is 16.9 Å². The van der Waals surface area contributed by atoms with E-state index >= 15 is 0 Å². The molecule has 0 aliphatic heterocycles. The lowest BCUT2D eigenvalue weighted by molar-refractivity contribution is 0.509. The van der Waals surface area contributed by atoms with Gasteiger partial charge >= 0.3 is 0 Å². The predicted octanol–water partition coefficient (Wildman–Crippen LogP) is 3.41. The number of nitrogens with zero attached hydrogens (tertiary/aromatic N) is 3. The summed E-state index contributed by atoms with van der Waals surface area (Å²) in [4.78, 5) is 0. The van der Waals surface area contributed by atoms with Gasteiger partial charge in [-0.25, -0.2) is 8.78 Å². The molecule has 2 aromatic carbocycles. The lowest BCUT2D eigenvalue weighted by Crippen LogP contribution is -2.05. The summed E-state index contributed by atoms with van der Waals surface area (Å²) >= 11 is 0. The SMILES string of the molecule is Cc1cccc(-n2nnc(-c3ccc(F)c(F)c3)c2N)c1C. The Balaban J connectivity index is 2.13. The average Bonchev–Trinajstić information content (AvgIpc) is 2.87. The normalized spacial score (nSPS) is 10.9. The predicted molar refractivity (Wildman–Crippen MR) is 80.6 cm³/mol. The summed E-state index contributed by atoms with van der Waals surface area (Å²) in [5, 5.41) is 8.04. The molecular formula is C16H14F2N4. The summed E-state index contributed by atoms with van der Waals surface area (Å²) in [6.07, 6.45) is 0. The van der Waals surface area contributed by atoms with Crippen LogP contribution in [0, 0.1) is 25.5 Å². The van der Waals surface area contributed by atoms with Crippen molar-refractivity contribution >= 4 is 5.82 Å². The van der Waals surface area contributed by atoms with Crippen LogP contribution in [0.4, 0.5) is 14.6 Å². The molecule has 112 valence electrons. The van der Waals surface area contributed by atoms with Crippen molar-refractivity contribution in [1.82, 2.24) is 15.0 Å². The fourth-order valence-electron chi connectivity index (χ4n) is 2.28. The first-order valence-electron chi connectivity index (χ1n) is 6.72. The van der Waals surface area contributed by atoms with Gasteiger partial charge in [-0.1, -0.05) is 17.3 Å². The van der Waals surface area contributed by atoms with Gasteiger partial charge in [-0.05, 0) is 49.2 Å². The molecule has 1 aromatic heterocycles. The van der Waals surface area contributed by atoms with E-state index < -0.39 is 11.6 Å². The van der Waals surface area contributed by atoms with Crippen LogP contribution in [-0.4, -0.2) is 15.0 Å². The van der Waals surface area contributed by atoms with Crippen molar-refractivity contribution in [3.63, 3.8) is 0 Å². The standard InChI is InChI=1S/C16H14F2N4/c1-9-4-3-5-14(10(9)2)22-16(19)15(20-21-22)11-6-7-12(17)13(18)8-11/h3-8H,19H2,1-2H3. The molecule has 0 unspecified atom stereocenters. The van der Waals surface area contributed by atoms with Crippen LogP contribution in [0.5, 0.6) is 0 Å². The van der Waals surface area contributed by atoms with Crippen molar-refractivity contribution in [2.45, 2.75) is 13.8 Å². The van der Waals surface area contributed by atoms with E-state index in [0.29, 0.717) is 11.3 Å². The minimum Gasteiger partial charge on any atom is -0.382 e. The molecule has 0 fully saturated rings. The van der Waals surface area contributed by atoms with Crippen molar-refractivity contribution in [2.24, 2.45) is 0 Å². The molecule has 2 N–H and O–H groups in total. The Labute approximate surface area is 126 Å². The van der Waals surface area contributed by atoms with Crippen LogP contribution in [0.3, 0.4) is 0 Å². The summed E-state index contributed by atoms with van der Waals surface area (Å²) in [6, 6.07) is 9.29. The number of anilines is 1. The molecule has 4 nitrogen and oxygen atoms in total. The molecule has 0 aliphatic carbocycles. The van der Waals surface area contributed by atoms with E-state index in [1.807, 2.05) is 32.0 Å². The molecule has 0 aliphatic rings. The van der Waals surface area contributed by atoms with Gasteiger partial charge in [0.2, 0.25) is 0 Å². The Kier molecular flexibility index (Phi) is 3.36. The smallest absolute Gasteiger partial charge is 0.159 e. The van der Waals surface area contributed by atoms with Crippen molar-refractivity contribution in [3.05, 3.63) is 59.2 Å². The summed E-state index contributed by atoms with van der Waals surface area (Å²) in [6.45, 7) is 3.95. The number of rotatable bonds is 2. The topological polar surface area (TPSA) is 56.7 Å². The third-order valence-electron chi connectivity index (χ3n) is 3.70. The van der Waals surface area contributed by atoms with Crippen LogP contribution in [0.2, 0.25) is 0 Å². The highest BCUT2D eigenvalue weighted by Crippen LogP contribution is 2.28. The number of halogens is 2. The molecule has 0 amide bonds. The second-order valence-electron chi connectivity index (χ2n) is 5.08. The van der Waals surface area contributed by atoms with E-state index in [9.17, 15) is 8.78 Å². The van der Waals surface area contributed by atoms with Crippen molar-refractivity contribution in [3.8, 4) is 16.9 Å². The third kappa shape index (κ3) is 2.22. The number of nitrogens with two attached hydrogens (primary N) is 1. The first kappa shape index (κ1) is 14.2. The molecule has 3 rings (SSSR count). The second kappa shape index (κ2) is 5.22. The fraction of sp³-hybridized carbons (Fsp3) is 0.125. The molecule has 0 saturated heterocycles. The van der Waals surface area contributed by atoms with Crippen molar-refractivity contribution in [1.29, 1.82) is 0 Å². The highest BCUT2D eigenvalue weighted by atomic mass is 19.2. The van der Waals surface area contributed by atoms with E-state index in [0.717, 1.165) is 28.9 Å². The summed E-state index contributed by atoms with van der Waals surface area (Å²) in [5.41, 5.74) is 9.73. The van der Waals surface area contributed by atoms with Gasteiger partial charge in [0, 0.05) is 5.56 Å². The number of hydrogen-bond acceptors (Lipinski definition) is 3. The Morgan fingerprint density at radius 2 is 1.82 bits per heavy atom. The molecule has 6 heteroatoms. The van der Waals surface area contributed by atoms with Crippen LogP contribution >= 0.6 is 0 Å². The third-order valence-corrected chi connectivity index (χ3v) is 3.70. The Morgan fingerprint density at radius 3 is 2.55 bits per heavy atom. The first-order chi connectivity index (χ1) is 10.5. The maximum Gasteiger partial charge on any atom is 0.159 e. The van der Waals surface area contributed by atoms with Gasteiger partial charge < -0.3 is 5.73 Å².